The second-order valence-electron chi connectivity index (χ2n) is 36.6. The molecule has 0 unspecified atom stereocenters. The van der Waals surface area contributed by atoms with Crippen LogP contribution in [0.4, 0.5) is 0 Å². The lowest BCUT2D eigenvalue weighted by Crippen LogP contribution is -2.44. The summed E-state index contributed by atoms with van der Waals surface area (Å²) in [6, 6.07) is 34.9. The first kappa shape index (κ1) is 101. The molecule has 4 amide bonds. The molecule has 4 fully saturated rings. The number of aliphatic hydroxyl groups excluding tert-OH is 4. The van der Waals surface area contributed by atoms with Crippen molar-refractivity contribution in [3.63, 3.8) is 0 Å². The molecule has 4 saturated heterocycles. The summed E-state index contributed by atoms with van der Waals surface area (Å²) < 4.78 is 30.8. The zero-order valence-corrected chi connectivity index (χ0v) is 81.5. The molecule has 0 bridgehead atoms. The van der Waals surface area contributed by atoms with Gasteiger partial charge < -0.3 is 62.4 Å². The van der Waals surface area contributed by atoms with Gasteiger partial charge in [0.05, 0.1) is 133 Å². The van der Waals surface area contributed by atoms with Crippen molar-refractivity contribution >= 4 is 81.0 Å². The molecule has 0 saturated carbocycles. The van der Waals surface area contributed by atoms with Crippen molar-refractivity contribution < 1.29 is 81.2 Å². The van der Waals surface area contributed by atoms with E-state index >= 15 is 0 Å². The number of carbonyl (C=O) groups excluding carboxylic acids is 8. The van der Waals surface area contributed by atoms with E-state index in [2.05, 4.69) is 69.0 Å². The van der Waals surface area contributed by atoms with Gasteiger partial charge in [-0.05, 0) is 143 Å². The standard InChI is InChI=1S/C26H31N3O5.C26H31N3O4S.C25H30N4O3S2.C25H29N3O5/c1-5-21(24-11-16(3)28-34-24)26(32)29-13-20(30)12-22(29)23(31)10-15(2)18-6-8-19(9-7-18)25-17(4)27-14-33-25;1-15(2)24(21-11-16(3)33-28-21)26(32)29-13-20(30)12-22(29)23(31)10-7-18-5-8-19(9-6-18)25-17(4)27-14-34-25;1-14(2)22(24-27-16(4)28-34-24)25(32)29-12-19(30)11-20(29)21(31)10-7-17-5-8-18(9-6-17)23-15(3)26-13-33-23;1-4-20(23-10-16(3)27-33-23)25(31)28-13-19(29)11-21(28)22(30)9-15(2)17-5-7-18(8-6-17)24-12-26-14-32-24/h6-9,11,14-15,20-22,30H,5,10,12-13H2,1-4H3;5-6,8-9,11,14-15,20,22,24,30H,7,10,12-13H2,1-4H3;5-6,8-9,13-14,19-20,22,30H,7,10-12H2,1-4H3;5-8,10,12,14-15,19-21,29H,4,9,11,13H2,1-3H3/t15-,20-,21-,22+;20-,22+,24-;19-,20+,22-;15-,19-,20-,21+/m1111/s1. The Kier molecular flexibility index (Phi) is 34.0. The van der Waals surface area contributed by atoms with Crippen LogP contribution in [0.5, 0.6) is 0 Å². The summed E-state index contributed by atoms with van der Waals surface area (Å²) in [6.45, 7) is 29.4. The SMILES string of the molecule is CC[C@@H](C(=O)N1C[C@H](O)C[C@H]1C(=O)C[C@@H](C)c1ccc(-c2cnco2)cc1)c1cc(C)no1.CC[C@@H](C(=O)N1C[C@H](O)C[C@H]1C(=O)C[C@@H](C)c1ccc(-c2ocnc2C)cc1)c1cc(C)no1.Cc1cc([C@H](C(=O)N2C[C@H](O)C[C@H]2C(=O)CCc2ccc(-c3scnc3C)cc2)C(C)C)no1.Cc1nsc([C@H](C(=O)N2C[C@H](O)C[C@H]2C(=O)CCc2ccc(-c3scnc3C)cc2)C(C)C)n1. The second kappa shape index (κ2) is 45.7. The molecule has 16 rings (SSSR count). The molecule has 135 heavy (non-hydrogen) atoms. The highest BCUT2D eigenvalue weighted by molar-refractivity contribution is 7.13. The maximum atomic E-state index is 13.5. The van der Waals surface area contributed by atoms with Crippen LogP contribution in [0.25, 0.3) is 43.5 Å². The number of oxazole rings is 2. The number of hydrogen-bond donors (Lipinski definition) is 4. The third-order valence-corrected chi connectivity index (χ3v) is 28.6. The number of β-amino-alcohol motifs (C(OH)–C–C–N with tert-alkyl or cyclic N) is 4. The number of aliphatic hydroxyl groups is 4. The molecule has 0 radical (unpaired) electrons. The summed E-state index contributed by atoms with van der Waals surface area (Å²) in [6.07, 6.45) is 6.15. The first-order valence-electron chi connectivity index (χ1n) is 46.3. The minimum absolute atomic E-state index is 0.00837. The fourth-order valence-corrected chi connectivity index (χ4v) is 20.9. The maximum absolute atomic E-state index is 13.5. The molecule has 0 spiro atoms. The zero-order chi connectivity index (χ0) is 96.7. The van der Waals surface area contributed by atoms with Gasteiger partial charge in [0, 0.05) is 107 Å². The van der Waals surface area contributed by atoms with Crippen LogP contribution in [0.15, 0.2) is 168 Å². The number of aryl methyl sites for hydroxylation is 9. The van der Waals surface area contributed by atoms with Gasteiger partial charge in [0.1, 0.15) is 28.1 Å². The number of thiazole rings is 2. The van der Waals surface area contributed by atoms with Gasteiger partial charge in [-0.3, -0.25) is 38.4 Å². The third-order valence-electron chi connectivity index (χ3n) is 25.7. The Morgan fingerprint density at radius 2 is 0.867 bits per heavy atom. The summed E-state index contributed by atoms with van der Waals surface area (Å²) >= 11 is 4.46. The molecule has 4 aliphatic rings. The predicted octanol–water partition coefficient (Wildman–Crippen LogP) is 16.5. The summed E-state index contributed by atoms with van der Waals surface area (Å²) in [7, 11) is 0. The molecule has 4 aliphatic heterocycles. The van der Waals surface area contributed by atoms with Gasteiger partial charge in [0.25, 0.3) is 0 Å². The van der Waals surface area contributed by atoms with Crippen LogP contribution in [0.3, 0.4) is 0 Å². The molecule has 12 heterocycles. The van der Waals surface area contributed by atoms with Crippen LogP contribution >= 0.6 is 34.2 Å². The van der Waals surface area contributed by atoms with Crippen molar-refractivity contribution in [2.75, 3.05) is 26.2 Å². The number of aromatic nitrogens is 9. The van der Waals surface area contributed by atoms with E-state index in [1.807, 2.05) is 160 Å². The quantitative estimate of drug-likeness (QED) is 0.0304. The molecule has 4 aromatic carbocycles. The molecule has 714 valence electrons. The fraction of sp³-hybridized carbons (Fsp3) is 0.461. The smallest absolute Gasteiger partial charge is 0.234 e. The molecule has 33 heteroatoms. The molecule has 0 aliphatic carbocycles. The average molecular weight is 1900 g/mol. The third kappa shape index (κ3) is 24.7. The highest BCUT2D eigenvalue weighted by Crippen LogP contribution is 2.40. The van der Waals surface area contributed by atoms with Crippen LogP contribution in [-0.4, -0.2) is 206 Å². The van der Waals surface area contributed by atoms with Crippen molar-refractivity contribution in [1.29, 1.82) is 0 Å². The van der Waals surface area contributed by atoms with E-state index in [4.69, 9.17) is 22.4 Å². The Bertz CT molecular complexity index is 5810. The number of amides is 4. The van der Waals surface area contributed by atoms with Crippen LogP contribution in [0, 0.1) is 60.3 Å². The number of nitrogens with zero attached hydrogens (tertiary/aromatic N) is 13. The Labute approximate surface area is 797 Å². The Morgan fingerprint density at radius 3 is 1.21 bits per heavy atom. The molecule has 4 N–H and O–H groups in total. The van der Waals surface area contributed by atoms with Crippen molar-refractivity contribution in [3.05, 3.63) is 230 Å². The Balaban J connectivity index is 0.000000152. The molecule has 14 atom stereocenters. The summed E-state index contributed by atoms with van der Waals surface area (Å²) in [5, 5.41) is 53.7. The van der Waals surface area contributed by atoms with Gasteiger partial charge >= 0.3 is 0 Å². The van der Waals surface area contributed by atoms with Gasteiger partial charge in [0.15, 0.2) is 47.4 Å². The van der Waals surface area contributed by atoms with Crippen LogP contribution in [-0.2, 0) is 51.2 Å². The van der Waals surface area contributed by atoms with E-state index in [0.717, 1.165) is 77.1 Å². The van der Waals surface area contributed by atoms with Crippen molar-refractivity contribution in [2.45, 2.75) is 265 Å². The second-order valence-corrected chi connectivity index (χ2v) is 39.1. The lowest BCUT2D eigenvalue weighted by Gasteiger charge is -2.29. The van der Waals surface area contributed by atoms with Crippen molar-refractivity contribution in [3.8, 4) is 43.5 Å². The minimum atomic E-state index is -0.716. The van der Waals surface area contributed by atoms with E-state index in [-0.39, 0.29) is 135 Å². The monoisotopic (exact) mass is 1900 g/mol. The number of rotatable bonds is 32. The van der Waals surface area contributed by atoms with E-state index < -0.39 is 72.3 Å². The zero-order valence-electron chi connectivity index (χ0n) is 79.0. The van der Waals surface area contributed by atoms with Gasteiger partial charge in [0.2, 0.25) is 23.6 Å². The van der Waals surface area contributed by atoms with Gasteiger partial charge in [-0.2, -0.15) is 4.37 Å². The largest absolute Gasteiger partial charge is 0.444 e. The van der Waals surface area contributed by atoms with Gasteiger partial charge in [-0.25, -0.2) is 24.9 Å². The molecular weight excluding hydrogens is 1780 g/mol. The van der Waals surface area contributed by atoms with Crippen LogP contribution in [0.1, 0.15) is 240 Å². The first-order chi connectivity index (χ1) is 64.6. The van der Waals surface area contributed by atoms with Crippen LogP contribution in [0.2, 0.25) is 0 Å². The lowest BCUT2D eigenvalue weighted by atomic mass is 9.90. The van der Waals surface area contributed by atoms with E-state index in [1.54, 1.807) is 84.6 Å². The molecule has 30 nitrogen and oxygen atoms in total. The fourth-order valence-electron chi connectivity index (χ4n) is 18.4. The molecule has 12 aromatic rings. The van der Waals surface area contributed by atoms with E-state index in [0.29, 0.717) is 89.5 Å². The number of Topliss-reactive ketones (excluding diaryl/α,β-unsaturated/α-hetero) is 4. The van der Waals surface area contributed by atoms with Crippen molar-refractivity contribution in [2.24, 2.45) is 11.8 Å². The lowest BCUT2D eigenvalue weighted by molar-refractivity contribution is -0.140. The highest BCUT2D eigenvalue weighted by Gasteiger charge is 2.47. The number of hydrogen-bond acceptors (Lipinski definition) is 29. The molecule has 8 aromatic heterocycles. The topological polar surface area (TPSA) is 412 Å². The maximum Gasteiger partial charge on any atom is 0.234 e. The first-order valence-corrected chi connectivity index (χ1v) is 48.8. The minimum Gasteiger partial charge on any atom is -0.444 e. The average Bonchev–Trinajstić information content (AvgIpc) is 1.67. The summed E-state index contributed by atoms with van der Waals surface area (Å²) in [4.78, 5) is 136. The summed E-state index contributed by atoms with van der Waals surface area (Å²) in [5.41, 5.74) is 16.8. The van der Waals surface area contributed by atoms with E-state index in [9.17, 15) is 58.8 Å². The van der Waals surface area contributed by atoms with E-state index in [1.165, 1.54) is 34.1 Å². The van der Waals surface area contributed by atoms with Gasteiger partial charge in [-0.1, -0.05) is 168 Å². The highest BCUT2D eigenvalue weighted by atomic mass is 32.1. The normalized spacial score (nSPS) is 19.5. The predicted molar refractivity (Wildman–Crippen MR) is 510 cm³/mol. The molecular formula is C102H121N13O17S3. The van der Waals surface area contributed by atoms with Crippen LogP contribution < -0.4 is 0 Å². The number of ketones is 4. The van der Waals surface area contributed by atoms with Gasteiger partial charge in [-0.15, -0.1) is 22.7 Å². The summed E-state index contributed by atoms with van der Waals surface area (Å²) in [5.74, 6) is 0.734. The number of benzene rings is 4. The van der Waals surface area contributed by atoms with Crippen molar-refractivity contribution in [1.82, 2.24) is 64.4 Å². The Hall–Kier alpha value is -11.9. The number of likely N-dealkylation sites (tertiary alicyclic amines) is 4. The number of carbonyl (C=O) groups is 8. The Morgan fingerprint density at radius 1 is 0.452 bits per heavy atom.